The number of piperazine rings is 1. The van der Waals surface area contributed by atoms with Crippen molar-refractivity contribution in [1.29, 1.82) is 5.26 Å². The van der Waals surface area contributed by atoms with Gasteiger partial charge in [-0.05, 0) is 13.8 Å². The number of amides is 1. The Kier molecular flexibility index (Phi) is 2.89. The summed E-state index contributed by atoms with van der Waals surface area (Å²) in [7, 11) is 0. The van der Waals surface area contributed by atoms with Crippen molar-refractivity contribution in [2.45, 2.75) is 19.4 Å². The van der Waals surface area contributed by atoms with Gasteiger partial charge in [0.15, 0.2) is 0 Å². The van der Waals surface area contributed by atoms with Crippen LogP contribution in [-0.4, -0.2) is 47.9 Å². The monoisotopic (exact) mass is 181 g/mol. The maximum atomic E-state index is 10.4. The molecule has 4 heteroatoms. The van der Waals surface area contributed by atoms with Crippen LogP contribution in [0.4, 0.5) is 0 Å². The van der Waals surface area contributed by atoms with Crippen LogP contribution in [0.2, 0.25) is 0 Å². The van der Waals surface area contributed by atoms with E-state index in [1.807, 2.05) is 13.8 Å². The van der Waals surface area contributed by atoms with E-state index in [1.54, 1.807) is 4.90 Å². The number of rotatable bonds is 2. The summed E-state index contributed by atoms with van der Waals surface area (Å²) < 4.78 is 0. The zero-order valence-electron chi connectivity index (χ0n) is 8.16. The molecule has 1 fully saturated rings. The van der Waals surface area contributed by atoms with E-state index in [4.69, 9.17) is 5.26 Å². The molecule has 0 aromatic rings. The predicted molar refractivity (Wildman–Crippen MR) is 48.9 cm³/mol. The minimum atomic E-state index is -0.408. The first kappa shape index (κ1) is 10.0. The Hall–Kier alpha value is -1.08. The minimum Gasteiger partial charge on any atom is -0.343 e. The molecule has 0 bridgehead atoms. The number of nitrogens with zero attached hydrogens (tertiary/aromatic N) is 3. The van der Waals surface area contributed by atoms with E-state index in [0.29, 0.717) is 0 Å². The Morgan fingerprint density at radius 3 is 2.23 bits per heavy atom. The van der Waals surface area contributed by atoms with Gasteiger partial charge in [-0.2, -0.15) is 5.26 Å². The molecular weight excluding hydrogens is 166 g/mol. The number of carbonyl (C=O) groups excluding carboxylic acids is 1. The zero-order valence-corrected chi connectivity index (χ0v) is 8.16. The maximum absolute atomic E-state index is 10.4. The van der Waals surface area contributed by atoms with Crippen LogP contribution in [0.3, 0.4) is 0 Å². The topological polar surface area (TPSA) is 47.3 Å². The van der Waals surface area contributed by atoms with Gasteiger partial charge in [-0.25, -0.2) is 0 Å². The average molecular weight is 181 g/mol. The molecule has 1 aliphatic rings. The second-order valence-electron chi connectivity index (χ2n) is 3.80. The van der Waals surface area contributed by atoms with E-state index in [1.165, 1.54) is 0 Å². The molecule has 1 heterocycles. The summed E-state index contributed by atoms with van der Waals surface area (Å²) in [6, 6.07) is 2.26. The Bertz CT molecular complexity index is 224. The molecule has 1 saturated heterocycles. The quantitative estimate of drug-likeness (QED) is 0.566. The number of hydrogen-bond acceptors (Lipinski definition) is 3. The second-order valence-corrected chi connectivity index (χ2v) is 3.80. The van der Waals surface area contributed by atoms with Crippen LogP contribution in [0.15, 0.2) is 0 Å². The predicted octanol–water partition coefficient (Wildman–Crippen LogP) is 0.0626. The first-order valence-electron chi connectivity index (χ1n) is 4.46. The van der Waals surface area contributed by atoms with Gasteiger partial charge in [0.25, 0.3) is 0 Å². The molecule has 0 aromatic heterocycles. The summed E-state index contributed by atoms with van der Waals surface area (Å²) in [6.07, 6.45) is 0.872. The molecule has 1 rings (SSSR count). The Balaban J connectivity index is 2.51. The molecular formula is C9H15N3O. The molecule has 4 nitrogen and oxygen atoms in total. The third-order valence-electron chi connectivity index (χ3n) is 2.53. The summed E-state index contributed by atoms with van der Waals surface area (Å²) in [6.45, 7) is 6.86. The Morgan fingerprint density at radius 2 is 1.85 bits per heavy atom. The molecule has 1 amide bonds. The van der Waals surface area contributed by atoms with Crippen molar-refractivity contribution in [3.8, 4) is 6.07 Å². The second kappa shape index (κ2) is 3.75. The largest absolute Gasteiger partial charge is 0.343 e. The Labute approximate surface area is 78.7 Å². The lowest BCUT2D eigenvalue weighted by Gasteiger charge is -2.39. The number of hydrogen-bond donors (Lipinski definition) is 0. The van der Waals surface area contributed by atoms with Gasteiger partial charge in [0.05, 0.1) is 6.07 Å². The fourth-order valence-corrected chi connectivity index (χ4v) is 1.46. The molecule has 72 valence electrons. The summed E-state index contributed by atoms with van der Waals surface area (Å²) in [5.74, 6) is 0. The van der Waals surface area contributed by atoms with Crippen LogP contribution < -0.4 is 0 Å². The molecule has 0 aromatic carbocycles. The molecule has 13 heavy (non-hydrogen) atoms. The SMILES string of the molecule is CC(C)(C#N)N1CCN(C=O)CC1. The highest BCUT2D eigenvalue weighted by atomic mass is 16.1. The number of carbonyl (C=O) groups is 1. The van der Waals surface area contributed by atoms with E-state index >= 15 is 0 Å². The summed E-state index contributed by atoms with van der Waals surface area (Å²) in [5.41, 5.74) is -0.408. The highest BCUT2D eigenvalue weighted by Gasteiger charge is 2.29. The van der Waals surface area contributed by atoms with Crippen molar-refractivity contribution in [1.82, 2.24) is 9.80 Å². The van der Waals surface area contributed by atoms with E-state index < -0.39 is 5.54 Å². The van der Waals surface area contributed by atoms with Crippen molar-refractivity contribution in [3.05, 3.63) is 0 Å². The van der Waals surface area contributed by atoms with E-state index in [0.717, 1.165) is 32.6 Å². The molecule has 0 aliphatic carbocycles. The van der Waals surface area contributed by atoms with Crippen LogP contribution in [0.5, 0.6) is 0 Å². The van der Waals surface area contributed by atoms with Gasteiger partial charge in [0, 0.05) is 26.2 Å². The van der Waals surface area contributed by atoms with Crippen molar-refractivity contribution in [3.63, 3.8) is 0 Å². The smallest absolute Gasteiger partial charge is 0.209 e. The third-order valence-corrected chi connectivity index (χ3v) is 2.53. The molecule has 0 N–H and O–H groups in total. The normalized spacial score (nSPS) is 19.6. The first-order valence-corrected chi connectivity index (χ1v) is 4.46. The molecule has 1 aliphatic heterocycles. The highest BCUT2D eigenvalue weighted by molar-refractivity contribution is 5.47. The van der Waals surface area contributed by atoms with Gasteiger partial charge < -0.3 is 4.90 Å². The van der Waals surface area contributed by atoms with Crippen LogP contribution in [0.1, 0.15) is 13.8 Å². The zero-order chi connectivity index (χ0) is 9.90. The summed E-state index contributed by atoms with van der Waals surface area (Å²) >= 11 is 0. The lowest BCUT2D eigenvalue weighted by molar-refractivity contribution is -0.120. The van der Waals surface area contributed by atoms with Crippen molar-refractivity contribution >= 4 is 6.41 Å². The van der Waals surface area contributed by atoms with E-state index in [2.05, 4.69) is 11.0 Å². The summed E-state index contributed by atoms with van der Waals surface area (Å²) in [5, 5.41) is 8.89. The van der Waals surface area contributed by atoms with Crippen LogP contribution >= 0.6 is 0 Å². The van der Waals surface area contributed by atoms with Gasteiger partial charge >= 0.3 is 0 Å². The van der Waals surface area contributed by atoms with Crippen molar-refractivity contribution in [2.75, 3.05) is 26.2 Å². The average Bonchev–Trinajstić information content (AvgIpc) is 2.18. The molecule has 0 saturated carbocycles. The van der Waals surface area contributed by atoms with Crippen molar-refractivity contribution < 1.29 is 4.79 Å². The van der Waals surface area contributed by atoms with E-state index in [9.17, 15) is 4.79 Å². The van der Waals surface area contributed by atoms with Gasteiger partial charge in [-0.1, -0.05) is 0 Å². The highest BCUT2D eigenvalue weighted by Crippen LogP contribution is 2.14. The molecule has 0 unspecified atom stereocenters. The molecule has 0 radical (unpaired) electrons. The van der Waals surface area contributed by atoms with Gasteiger partial charge in [0.1, 0.15) is 5.54 Å². The van der Waals surface area contributed by atoms with Gasteiger partial charge in [0.2, 0.25) is 6.41 Å². The van der Waals surface area contributed by atoms with E-state index in [-0.39, 0.29) is 0 Å². The maximum Gasteiger partial charge on any atom is 0.209 e. The van der Waals surface area contributed by atoms with Crippen LogP contribution in [0, 0.1) is 11.3 Å². The van der Waals surface area contributed by atoms with Crippen molar-refractivity contribution in [2.24, 2.45) is 0 Å². The molecule has 0 atom stereocenters. The first-order chi connectivity index (χ1) is 6.10. The van der Waals surface area contributed by atoms with Crippen LogP contribution in [-0.2, 0) is 4.79 Å². The standard InChI is InChI=1S/C9H15N3O/c1-9(2,7-10)12-5-3-11(8-13)4-6-12/h8H,3-6H2,1-2H3. The van der Waals surface area contributed by atoms with Crippen LogP contribution in [0.25, 0.3) is 0 Å². The number of nitriles is 1. The third kappa shape index (κ3) is 2.19. The summed E-state index contributed by atoms with van der Waals surface area (Å²) in [4.78, 5) is 14.3. The van der Waals surface area contributed by atoms with Gasteiger partial charge in [-0.15, -0.1) is 0 Å². The lowest BCUT2D eigenvalue weighted by atomic mass is 10.0. The fraction of sp³-hybridized carbons (Fsp3) is 0.778. The Morgan fingerprint density at radius 1 is 1.31 bits per heavy atom. The van der Waals surface area contributed by atoms with Gasteiger partial charge in [-0.3, -0.25) is 9.69 Å². The fourth-order valence-electron chi connectivity index (χ4n) is 1.46. The minimum absolute atomic E-state index is 0.408. The lowest BCUT2D eigenvalue weighted by Crippen LogP contribution is -2.53. The molecule has 0 spiro atoms.